The number of ether oxygens (including phenoxy) is 1. The second kappa shape index (κ2) is 9.66. The predicted molar refractivity (Wildman–Crippen MR) is 138 cm³/mol. The first kappa shape index (κ1) is 25.0. The molecule has 0 bridgehead atoms. The number of fused-ring (bicyclic) bond motifs is 1. The van der Waals surface area contributed by atoms with Crippen molar-refractivity contribution in [2.24, 2.45) is 0 Å². The third-order valence-corrected chi connectivity index (χ3v) is 6.75. The van der Waals surface area contributed by atoms with E-state index in [-0.39, 0.29) is 23.5 Å². The van der Waals surface area contributed by atoms with E-state index in [1.54, 1.807) is 15.5 Å². The molecule has 0 aliphatic carbocycles. The van der Waals surface area contributed by atoms with Gasteiger partial charge >= 0.3 is 6.09 Å². The van der Waals surface area contributed by atoms with Crippen LogP contribution in [0.2, 0.25) is 5.02 Å². The van der Waals surface area contributed by atoms with Crippen LogP contribution in [0.3, 0.4) is 0 Å². The number of carbonyl (C=O) groups is 1. The zero-order chi connectivity index (χ0) is 26.3. The minimum absolute atomic E-state index is 0.0501. The summed E-state index contributed by atoms with van der Waals surface area (Å²) in [7, 11) is 0. The standard InChI is InChI=1S/C26H29ClN6O4/c1-15-22(24-28-20(31-37-24)13-17-7-5-6-8-18(17)27)23-29-21(34)14-19(33(23)30-15)16-9-11-32(12-10-16)25(35)36-26(2,3)4/h5-8,14,16H,9-13H2,1-4H3,(H,29,34). The summed E-state index contributed by atoms with van der Waals surface area (Å²) in [6.45, 7) is 8.47. The first-order valence-corrected chi connectivity index (χ1v) is 12.6. The van der Waals surface area contributed by atoms with Crippen LogP contribution in [0.5, 0.6) is 0 Å². The molecule has 1 amide bonds. The summed E-state index contributed by atoms with van der Waals surface area (Å²) < 4.78 is 12.8. The van der Waals surface area contributed by atoms with Crippen molar-refractivity contribution < 1.29 is 14.1 Å². The Hall–Kier alpha value is -3.66. The molecule has 1 aliphatic rings. The minimum Gasteiger partial charge on any atom is -0.444 e. The number of nitrogens with zero attached hydrogens (tertiary/aromatic N) is 5. The predicted octanol–water partition coefficient (Wildman–Crippen LogP) is 4.74. The number of piperidine rings is 1. The number of aryl methyl sites for hydroxylation is 1. The molecule has 1 N–H and O–H groups in total. The molecule has 37 heavy (non-hydrogen) atoms. The first-order valence-electron chi connectivity index (χ1n) is 12.3. The summed E-state index contributed by atoms with van der Waals surface area (Å²) in [5, 5.41) is 9.46. The van der Waals surface area contributed by atoms with Crippen molar-refractivity contribution >= 4 is 23.3 Å². The molecule has 4 heterocycles. The van der Waals surface area contributed by atoms with Crippen LogP contribution in [0.1, 0.15) is 62.3 Å². The van der Waals surface area contributed by atoms with E-state index in [1.165, 1.54) is 0 Å². The quantitative estimate of drug-likeness (QED) is 0.409. The fourth-order valence-electron chi connectivity index (χ4n) is 4.65. The van der Waals surface area contributed by atoms with Gasteiger partial charge in [0.25, 0.3) is 11.4 Å². The Bertz CT molecular complexity index is 1510. The molecule has 0 saturated carbocycles. The van der Waals surface area contributed by atoms with Gasteiger partial charge in [-0.1, -0.05) is 35.0 Å². The maximum Gasteiger partial charge on any atom is 0.410 e. The number of halogens is 1. The topological polar surface area (TPSA) is 119 Å². The van der Waals surface area contributed by atoms with Crippen LogP contribution in [0.15, 0.2) is 39.6 Å². The third kappa shape index (κ3) is 5.24. The van der Waals surface area contributed by atoms with Gasteiger partial charge in [-0.25, -0.2) is 9.31 Å². The van der Waals surface area contributed by atoms with Gasteiger partial charge in [-0.2, -0.15) is 10.1 Å². The fraction of sp³-hybridized carbons (Fsp3) is 0.423. The number of H-pyrrole nitrogens is 1. The van der Waals surface area contributed by atoms with E-state index in [0.717, 1.165) is 11.3 Å². The highest BCUT2D eigenvalue weighted by Crippen LogP contribution is 2.32. The highest BCUT2D eigenvalue weighted by Gasteiger charge is 2.30. The normalized spacial score (nSPS) is 14.9. The average molecular weight is 525 g/mol. The van der Waals surface area contributed by atoms with Gasteiger partial charge in [0.1, 0.15) is 16.8 Å². The SMILES string of the molecule is Cc1nn2c(C3CCN(C(=O)OC(C)(C)C)CC3)cc(=O)[nH]c2c1-c1nc(Cc2ccccc2Cl)no1. The Labute approximate surface area is 218 Å². The molecule has 0 radical (unpaired) electrons. The van der Waals surface area contributed by atoms with Gasteiger partial charge in [-0.15, -0.1) is 0 Å². The third-order valence-electron chi connectivity index (χ3n) is 6.38. The molecule has 0 atom stereocenters. The van der Waals surface area contributed by atoms with Crippen molar-refractivity contribution in [1.29, 1.82) is 0 Å². The van der Waals surface area contributed by atoms with Crippen molar-refractivity contribution in [1.82, 2.24) is 29.6 Å². The number of rotatable bonds is 4. The number of amides is 1. The van der Waals surface area contributed by atoms with Crippen LogP contribution in [0, 0.1) is 6.92 Å². The number of aromatic nitrogens is 5. The maximum absolute atomic E-state index is 12.7. The summed E-state index contributed by atoms with van der Waals surface area (Å²) in [5.41, 5.74) is 2.63. The maximum atomic E-state index is 12.7. The first-order chi connectivity index (χ1) is 17.6. The molecule has 1 aromatic carbocycles. The number of aromatic amines is 1. The van der Waals surface area contributed by atoms with Crippen molar-refractivity contribution in [3.8, 4) is 11.5 Å². The van der Waals surface area contributed by atoms with Gasteiger partial charge in [0.15, 0.2) is 5.82 Å². The summed E-state index contributed by atoms with van der Waals surface area (Å²) in [5.74, 6) is 0.811. The molecule has 5 rings (SSSR count). The second-order valence-electron chi connectivity index (χ2n) is 10.3. The number of hydrogen-bond acceptors (Lipinski definition) is 7. The van der Waals surface area contributed by atoms with E-state index < -0.39 is 5.60 Å². The smallest absolute Gasteiger partial charge is 0.410 e. The van der Waals surface area contributed by atoms with Crippen LogP contribution >= 0.6 is 11.6 Å². The summed E-state index contributed by atoms with van der Waals surface area (Å²) in [4.78, 5) is 34.3. The molecule has 1 saturated heterocycles. The van der Waals surface area contributed by atoms with Gasteiger partial charge < -0.3 is 19.1 Å². The van der Waals surface area contributed by atoms with Gasteiger partial charge in [0.05, 0.1) is 11.4 Å². The van der Waals surface area contributed by atoms with Crippen molar-refractivity contribution in [2.75, 3.05) is 13.1 Å². The summed E-state index contributed by atoms with van der Waals surface area (Å²) >= 11 is 6.28. The fourth-order valence-corrected chi connectivity index (χ4v) is 4.85. The van der Waals surface area contributed by atoms with E-state index in [1.807, 2.05) is 52.0 Å². The Morgan fingerprint density at radius 3 is 2.68 bits per heavy atom. The molecule has 11 heteroatoms. The lowest BCUT2D eigenvalue weighted by molar-refractivity contribution is 0.0203. The number of carbonyl (C=O) groups excluding carboxylic acids is 1. The van der Waals surface area contributed by atoms with Crippen LogP contribution in [-0.4, -0.2) is 54.4 Å². The zero-order valence-electron chi connectivity index (χ0n) is 21.2. The molecular weight excluding hydrogens is 496 g/mol. The van der Waals surface area contributed by atoms with E-state index in [4.69, 9.17) is 26.0 Å². The number of benzene rings is 1. The lowest BCUT2D eigenvalue weighted by Gasteiger charge is -2.33. The monoisotopic (exact) mass is 524 g/mol. The zero-order valence-corrected chi connectivity index (χ0v) is 22.0. The van der Waals surface area contributed by atoms with Crippen LogP contribution in [0.25, 0.3) is 17.1 Å². The highest BCUT2D eigenvalue weighted by atomic mass is 35.5. The molecule has 194 valence electrons. The molecule has 10 nitrogen and oxygen atoms in total. The molecule has 3 aromatic heterocycles. The van der Waals surface area contributed by atoms with Gasteiger partial charge in [0, 0.05) is 36.5 Å². The Balaban J connectivity index is 1.41. The van der Waals surface area contributed by atoms with E-state index in [0.29, 0.717) is 60.1 Å². The van der Waals surface area contributed by atoms with Crippen LogP contribution in [0.4, 0.5) is 4.79 Å². The Kier molecular flexibility index (Phi) is 6.53. The molecule has 0 spiro atoms. The molecular formula is C26H29ClN6O4. The number of nitrogens with one attached hydrogen (secondary N) is 1. The molecule has 0 unspecified atom stereocenters. The van der Waals surface area contributed by atoms with Gasteiger partial charge in [-0.05, 0) is 52.2 Å². The van der Waals surface area contributed by atoms with Crippen molar-refractivity contribution in [3.63, 3.8) is 0 Å². The van der Waals surface area contributed by atoms with Crippen molar-refractivity contribution in [3.05, 3.63) is 68.5 Å². The number of likely N-dealkylation sites (tertiary alicyclic amines) is 1. The largest absolute Gasteiger partial charge is 0.444 e. The number of hydrogen-bond donors (Lipinski definition) is 1. The second-order valence-corrected chi connectivity index (χ2v) is 10.7. The van der Waals surface area contributed by atoms with E-state index in [9.17, 15) is 9.59 Å². The van der Waals surface area contributed by atoms with E-state index >= 15 is 0 Å². The molecule has 1 fully saturated rings. The Morgan fingerprint density at radius 2 is 1.97 bits per heavy atom. The average Bonchev–Trinajstić information content (AvgIpc) is 3.42. The Morgan fingerprint density at radius 1 is 1.24 bits per heavy atom. The van der Waals surface area contributed by atoms with Crippen LogP contribution in [-0.2, 0) is 11.2 Å². The highest BCUT2D eigenvalue weighted by molar-refractivity contribution is 6.31. The summed E-state index contributed by atoms with van der Waals surface area (Å²) in [6.07, 6.45) is 1.48. The molecule has 4 aromatic rings. The summed E-state index contributed by atoms with van der Waals surface area (Å²) in [6, 6.07) is 9.08. The lowest BCUT2D eigenvalue weighted by atomic mass is 9.93. The van der Waals surface area contributed by atoms with Gasteiger partial charge in [-0.3, -0.25) is 4.79 Å². The van der Waals surface area contributed by atoms with Crippen molar-refractivity contribution in [2.45, 2.75) is 58.5 Å². The molecule has 1 aliphatic heterocycles. The lowest BCUT2D eigenvalue weighted by Crippen LogP contribution is -2.41. The van der Waals surface area contributed by atoms with Crippen LogP contribution < -0.4 is 5.56 Å². The van der Waals surface area contributed by atoms with E-state index in [2.05, 4.69) is 15.1 Å². The minimum atomic E-state index is -0.544. The van der Waals surface area contributed by atoms with Gasteiger partial charge in [0.2, 0.25) is 0 Å².